The van der Waals surface area contributed by atoms with Crippen LogP contribution in [-0.2, 0) is 0 Å². The van der Waals surface area contributed by atoms with Crippen LogP contribution in [0.5, 0.6) is 0 Å². The van der Waals surface area contributed by atoms with E-state index in [4.69, 9.17) is 0 Å². The van der Waals surface area contributed by atoms with Crippen LogP contribution in [0.2, 0.25) is 0 Å². The molecule has 0 N–H and O–H groups in total. The quantitative estimate of drug-likeness (QED) is 0.483. The fourth-order valence-corrected chi connectivity index (χ4v) is 12.1. The molecule has 2 heteroatoms. The summed E-state index contributed by atoms with van der Waals surface area (Å²) < 4.78 is 0.635. The van der Waals surface area contributed by atoms with E-state index < -0.39 is 0 Å². The molecule has 1 spiro atoms. The predicted octanol–water partition coefficient (Wildman–Crippen LogP) is 6.60. The summed E-state index contributed by atoms with van der Waals surface area (Å²) >= 11 is 4.77. The van der Waals surface area contributed by atoms with E-state index >= 15 is 0 Å². The van der Waals surface area contributed by atoms with Gasteiger partial charge in [-0.1, -0.05) is 26.7 Å². The van der Waals surface area contributed by atoms with Crippen molar-refractivity contribution in [1.82, 2.24) is 0 Å². The smallest absolute Gasteiger partial charge is 0.0647 e. The number of thioether (sulfide) groups is 2. The van der Waals surface area contributed by atoms with Crippen molar-refractivity contribution >= 4 is 23.5 Å². The van der Waals surface area contributed by atoms with Crippen LogP contribution in [0, 0.1) is 34.5 Å². The third kappa shape index (κ3) is 2.12. The number of hydrogen-bond acceptors (Lipinski definition) is 2. The largest absolute Gasteiger partial charge is 0.143 e. The molecule has 1 heterocycles. The van der Waals surface area contributed by atoms with Gasteiger partial charge in [0, 0.05) is 11.5 Å². The second kappa shape index (κ2) is 5.35. The third-order valence-electron chi connectivity index (χ3n) is 9.16. The van der Waals surface area contributed by atoms with Crippen LogP contribution in [-0.4, -0.2) is 15.6 Å². The molecule has 0 bridgehead atoms. The summed E-state index contributed by atoms with van der Waals surface area (Å²) in [5.74, 6) is 7.09. The molecule has 6 atom stereocenters. The van der Waals surface area contributed by atoms with Crippen molar-refractivity contribution in [2.45, 2.75) is 82.1 Å². The average Bonchev–Trinajstić information content (AvgIpc) is 3.13. The van der Waals surface area contributed by atoms with Gasteiger partial charge in [-0.05, 0) is 85.9 Å². The lowest BCUT2D eigenvalue weighted by Gasteiger charge is -2.61. The van der Waals surface area contributed by atoms with E-state index in [9.17, 15) is 0 Å². The Bertz CT molecular complexity index is 482. The second-order valence-electron chi connectivity index (χ2n) is 9.98. The topological polar surface area (TPSA) is 0 Å². The maximum absolute atomic E-state index is 2.73. The molecule has 5 aliphatic rings. The Balaban J connectivity index is 1.52. The van der Waals surface area contributed by atoms with Gasteiger partial charge in [0.1, 0.15) is 0 Å². The summed E-state index contributed by atoms with van der Waals surface area (Å²) in [4.78, 5) is 0. The van der Waals surface area contributed by atoms with Crippen molar-refractivity contribution in [2.75, 3.05) is 11.5 Å². The molecule has 0 nitrogen and oxygen atoms in total. The molecule has 130 valence electrons. The average molecular weight is 351 g/mol. The normalized spacial score (nSPS) is 54.5. The molecular formula is C21H34S2. The zero-order chi connectivity index (χ0) is 15.7. The summed E-state index contributed by atoms with van der Waals surface area (Å²) in [6.07, 6.45) is 15.4. The van der Waals surface area contributed by atoms with E-state index in [1.54, 1.807) is 38.5 Å². The van der Waals surface area contributed by atoms with E-state index in [2.05, 4.69) is 37.4 Å². The first-order valence-electron chi connectivity index (χ1n) is 10.4. The van der Waals surface area contributed by atoms with E-state index in [-0.39, 0.29) is 0 Å². The molecular weight excluding hydrogens is 316 g/mol. The van der Waals surface area contributed by atoms with Gasteiger partial charge in [0.25, 0.3) is 0 Å². The minimum Gasteiger partial charge on any atom is -0.143 e. The Morgan fingerprint density at radius 2 is 1.61 bits per heavy atom. The maximum Gasteiger partial charge on any atom is 0.0647 e. The van der Waals surface area contributed by atoms with E-state index in [1.807, 2.05) is 0 Å². The summed E-state index contributed by atoms with van der Waals surface area (Å²) in [6, 6.07) is 0. The fraction of sp³-hybridized carbons (Fsp3) is 1.00. The molecule has 1 saturated heterocycles. The molecule has 0 aromatic rings. The molecule has 4 saturated carbocycles. The van der Waals surface area contributed by atoms with Crippen molar-refractivity contribution in [2.24, 2.45) is 34.5 Å². The summed E-state index contributed by atoms with van der Waals surface area (Å²) in [6.45, 7) is 5.42. The molecule has 4 aliphatic carbocycles. The van der Waals surface area contributed by atoms with Crippen LogP contribution < -0.4 is 0 Å². The van der Waals surface area contributed by atoms with Crippen molar-refractivity contribution in [1.29, 1.82) is 0 Å². The molecule has 0 aromatic heterocycles. The van der Waals surface area contributed by atoms with Gasteiger partial charge >= 0.3 is 0 Å². The first kappa shape index (κ1) is 15.9. The van der Waals surface area contributed by atoms with Gasteiger partial charge in [-0.3, -0.25) is 0 Å². The zero-order valence-corrected chi connectivity index (χ0v) is 16.7. The zero-order valence-electron chi connectivity index (χ0n) is 15.1. The Kier molecular flexibility index (Phi) is 3.70. The van der Waals surface area contributed by atoms with Gasteiger partial charge in [-0.25, -0.2) is 0 Å². The summed E-state index contributed by atoms with van der Waals surface area (Å²) in [7, 11) is 0. The van der Waals surface area contributed by atoms with Crippen LogP contribution >= 0.6 is 23.5 Å². The standard InChI is InChI=1S/C21H34S2/c1-19-10-8-17-16(7-6-15-5-3-4-9-20(15,17)2)18(19)21(12-11-19)22-13-14-23-21/h15-18H,3-14H2,1-2H3/t15-,16+,17-,18-,19-,20-/m1/s1. The Hall–Kier alpha value is 0.700. The SMILES string of the molecule is C[C@]12CC[C@@H]3[C@H](CC[C@H]4CCCC[C@]43C)[C@H]1C1(CC2)SCCS1. The number of hydrogen-bond donors (Lipinski definition) is 0. The first-order chi connectivity index (χ1) is 11.1. The van der Waals surface area contributed by atoms with Crippen molar-refractivity contribution in [3.63, 3.8) is 0 Å². The van der Waals surface area contributed by atoms with Gasteiger partial charge in [0.15, 0.2) is 0 Å². The van der Waals surface area contributed by atoms with E-state index in [0.717, 1.165) is 23.7 Å². The van der Waals surface area contributed by atoms with Crippen LogP contribution in [0.25, 0.3) is 0 Å². The highest BCUT2D eigenvalue weighted by molar-refractivity contribution is 8.21. The highest BCUT2D eigenvalue weighted by Crippen LogP contribution is 2.73. The Labute approximate surface area is 151 Å². The van der Waals surface area contributed by atoms with Crippen LogP contribution in [0.15, 0.2) is 0 Å². The van der Waals surface area contributed by atoms with Gasteiger partial charge in [-0.15, -0.1) is 23.5 Å². The first-order valence-corrected chi connectivity index (χ1v) is 12.3. The Morgan fingerprint density at radius 3 is 2.43 bits per heavy atom. The summed E-state index contributed by atoms with van der Waals surface area (Å²) in [5, 5.41) is 0. The molecule has 0 aromatic carbocycles. The van der Waals surface area contributed by atoms with Gasteiger partial charge in [0.2, 0.25) is 0 Å². The molecule has 5 fully saturated rings. The van der Waals surface area contributed by atoms with Crippen LogP contribution in [0.3, 0.4) is 0 Å². The molecule has 0 radical (unpaired) electrons. The minimum absolute atomic E-state index is 0.635. The van der Waals surface area contributed by atoms with Gasteiger partial charge in [0.05, 0.1) is 4.08 Å². The highest BCUT2D eigenvalue weighted by atomic mass is 32.2. The monoisotopic (exact) mass is 350 g/mol. The molecule has 0 unspecified atom stereocenters. The van der Waals surface area contributed by atoms with Crippen LogP contribution in [0.4, 0.5) is 0 Å². The second-order valence-corrected chi connectivity index (χ2v) is 13.1. The predicted molar refractivity (Wildman–Crippen MR) is 104 cm³/mol. The molecule has 1 aliphatic heterocycles. The lowest BCUT2D eigenvalue weighted by Crippen LogP contribution is -2.54. The molecule has 0 amide bonds. The van der Waals surface area contributed by atoms with Crippen molar-refractivity contribution in [3.05, 3.63) is 0 Å². The minimum atomic E-state index is 0.635. The lowest BCUT2D eigenvalue weighted by molar-refractivity contribution is -0.103. The molecule has 23 heavy (non-hydrogen) atoms. The summed E-state index contributed by atoms with van der Waals surface area (Å²) in [5.41, 5.74) is 1.39. The maximum atomic E-state index is 2.73. The molecule has 5 rings (SSSR count). The van der Waals surface area contributed by atoms with Gasteiger partial charge in [-0.2, -0.15) is 0 Å². The third-order valence-corrected chi connectivity index (χ3v) is 12.8. The number of rotatable bonds is 0. The number of fused-ring (bicyclic) bond motifs is 6. The highest BCUT2D eigenvalue weighted by Gasteiger charge is 2.65. The van der Waals surface area contributed by atoms with Crippen molar-refractivity contribution < 1.29 is 0 Å². The van der Waals surface area contributed by atoms with Gasteiger partial charge < -0.3 is 0 Å². The Morgan fingerprint density at radius 1 is 0.783 bits per heavy atom. The van der Waals surface area contributed by atoms with Crippen LogP contribution in [0.1, 0.15) is 78.1 Å². The van der Waals surface area contributed by atoms with Crippen molar-refractivity contribution in [3.8, 4) is 0 Å². The fourth-order valence-electron chi connectivity index (χ4n) is 8.12. The lowest BCUT2D eigenvalue weighted by atomic mass is 9.45. The van der Waals surface area contributed by atoms with E-state index in [1.165, 1.54) is 37.2 Å². The van der Waals surface area contributed by atoms with E-state index in [0.29, 0.717) is 14.9 Å².